The van der Waals surface area contributed by atoms with Crippen molar-refractivity contribution in [1.29, 1.82) is 0 Å². The van der Waals surface area contributed by atoms with Crippen LogP contribution in [0.15, 0.2) is 42.5 Å². The minimum atomic E-state index is -0.766. The van der Waals surface area contributed by atoms with Crippen molar-refractivity contribution < 1.29 is 19.4 Å². The lowest BCUT2D eigenvalue weighted by Crippen LogP contribution is -2.39. The van der Waals surface area contributed by atoms with Crippen LogP contribution >= 0.6 is 11.6 Å². The number of carboxylic acid groups (broad SMARTS) is 1. The normalized spacial score (nSPS) is 19.8. The maximum Gasteiger partial charge on any atom is 0.304 e. The minimum Gasteiger partial charge on any atom is -0.489 e. The molecule has 6 heteroatoms. The van der Waals surface area contributed by atoms with Crippen molar-refractivity contribution >= 4 is 17.6 Å². The molecule has 1 saturated heterocycles. The van der Waals surface area contributed by atoms with Crippen LogP contribution in [-0.4, -0.2) is 42.2 Å². The van der Waals surface area contributed by atoms with E-state index in [1.54, 1.807) is 0 Å². The number of hydrogen-bond acceptors (Lipinski definition) is 4. The Kier molecular flexibility index (Phi) is 6.38. The number of carbonyl (C=O) groups is 1. The van der Waals surface area contributed by atoms with Crippen molar-refractivity contribution in [2.45, 2.75) is 37.9 Å². The molecule has 1 heterocycles. The molecule has 2 aliphatic rings. The molecule has 5 nitrogen and oxygen atoms in total. The predicted octanol–water partition coefficient (Wildman–Crippen LogP) is 4.64. The van der Waals surface area contributed by atoms with E-state index in [1.165, 1.54) is 18.4 Å². The number of morpholine rings is 1. The molecular weight excluding hydrogens is 390 g/mol. The van der Waals surface area contributed by atoms with Gasteiger partial charge >= 0.3 is 5.97 Å². The number of nitrogens with zero attached hydrogens (tertiary/aromatic N) is 1. The van der Waals surface area contributed by atoms with Crippen LogP contribution in [0.2, 0.25) is 5.02 Å². The summed E-state index contributed by atoms with van der Waals surface area (Å²) in [5.41, 5.74) is 3.48. The molecule has 1 aliphatic carbocycles. The van der Waals surface area contributed by atoms with Crippen molar-refractivity contribution in [3.8, 4) is 5.75 Å². The molecule has 2 aromatic carbocycles. The maximum atomic E-state index is 10.8. The first-order valence-electron chi connectivity index (χ1n) is 10.2. The van der Waals surface area contributed by atoms with Gasteiger partial charge in [0.15, 0.2) is 0 Å². The second-order valence-corrected chi connectivity index (χ2v) is 8.15. The molecule has 1 N–H and O–H groups in total. The van der Waals surface area contributed by atoms with E-state index in [0.717, 1.165) is 28.4 Å². The number of hydrogen-bond donors (Lipinski definition) is 1. The number of aliphatic carboxylic acids is 1. The van der Waals surface area contributed by atoms with Gasteiger partial charge in [-0.2, -0.15) is 0 Å². The Morgan fingerprint density at radius 3 is 2.72 bits per heavy atom. The predicted molar refractivity (Wildman–Crippen MR) is 112 cm³/mol. The standard InChI is InChI=1S/C23H26ClNO4/c24-21-3-1-2-19(16-4-5-16)20(21)15-29-18-8-6-17(7-9-18)22-14-25(12-13-28-22)11-10-23(26)27/h1-3,6-9,16,22H,4-5,10-15H2,(H,26,27). The van der Waals surface area contributed by atoms with E-state index in [4.69, 9.17) is 26.2 Å². The molecule has 0 spiro atoms. The SMILES string of the molecule is O=C(O)CCN1CCOC(c2ccc(OCc3c(Cl)cccc3C3CC3)cc2)C1. The van der Waals surface area contributed by atoms with E-state index in [2.05, 4.69) is 11.0 Å². The average molecular weight is 416 g/mol. The van der Waals surface area contributed by atoms with Crippen molar-refractivity contribution in [2.75, 3.05) is 26.2 Å². The summed E-state index contributed by atoms with van der Waals surface area (Å²) in [6.45, 7) is 3.11. The highest BCUT2D eigenvalue weighted by atomic mass is 35.5. The van der Waals surface area contributed by atoms with Gasteiger partial charge in [0, 0.05) is 30.2 Å². The van der Waals surface area contributed by atoms with Crippen LogP contribution in [0, 0.1) is 0 Å². The first kappa shape index (κ1) is 20.2. The van der Waals surface area contributed by atoms with Gasteiger partial charge in [0.25, 0.3) is 0 Å². The van der Waals surface area contributed by atoms with Crippen LogP contribution < -0.4 is 4.74 Å². The molecule has 1 atom stereocenters. The smallest absolute Gasteiger partial charge is 0.304 e. The van der Waals surface area contributed by atoms with E-state index in [-0.39, 0.29) is 12.5 Å². The molecule has 1 unspecified atom stereocenters. The Labute approximate surface area is 176 Å². The second-order valence-electron chi connectivity index (χ2n) is 7.74. The van der Waals surface area contributed by atoms with Crippen LogP contribution in [0.5, 0.6) is 5.75 Å². The molecule has 0 amide bonds. The maximum absolute atomic E-state index is 10.8. The Morgan fingerprint density at radius 1 is 1.21 bits per heavy atom. The monoisotopic (exact) mass is 415 g/mol. The van der Waals surface area contributed by atoms with E-state index >= 15 is 0 Å². The number of ether oxygens (including phenoxy) is 2. The van der Waals surface area contributed by atoms with Gasteiger partial charge in [-0.1, -0.05) is 35.9 Å². The summed E-state index contributed by atoms with van der Waals surface area (Å²) in [5.74, 6) is 0.661. The number of benzene rings is 2. The molecule has 4 rings (SSSR count). The van der Waals surface area contributed by atoms with E-state index in [1.807, 2.05) is 36.4 Å². The summed E-state index contributed by atoms with van der Waals surface area (Å²) >= 11 is 6.42. The lowest BCUT2D eigenvalue weighted by Gasteiger charge is -2.32. The molecule has 0 radical (unpaired) electrons. The first-order chi connectivity index (χ1) is 14.1. The lowest BCUT2D eigenvalue weighted by atomic mass is 10.0. The highest BCUT2D eigenvalue weighted by molar-refractivity contribution is 6.31. The van der Waals surface area contributed by atoms with Gasteiger partial charge in [0.1, 0.15) is 12.4 Å². The average Bonchev–Trinajstić information content (AvgIpc) is 3.57. The van der Waals surface area contributed by atoms with Crippen molar-refractivity contribution in [2.24, 2.45) is 0 Å². The molecule has 1 aliphatic heterocycles. The van der Waals surface area contributed by atoms with E-state index in [9.17, 15) is 4.79 Å². The van der Waals surface area contributed by atoms with Crippen molar-refractivity contribution in [3.05, 3.63) is 64.2 Å². The molecule has 154 valence electrons. The zero-order valence-electron chi connectivity index (χ0n) is 16.4. The third-order valence-electron chi connectivity index (χ3n) is 5.60. The van der Waals surface area contributed by atoms with Gasteiger partial charge in [-0.05, 0) is 48.1 Å². The van der Waals surface area contributed by atoms with Gasteiger partial charge in [0.2, 0.25) is 0 Å². The summed E-state index contributed by atoms with van der Waals surface area (Å²) in [4.78, 5) is 12.9. The summed E-state index contributed by atoms with van der Waals surface area (Å²) < 4.78 is 11.9. The zero-order valence-corrected chi connectivity index (χ0v) is 17.1. The van der Waals surface area contributed by atoms with E-state index in [0.29, 0.717) is 32.2 Å². The highest BCUT2D eigenvalue weighted by Gasteiger charge is 2.27. The van der Waals surface area contributed by atoms with Gasteiger partial charge < -0.3 is 14.6 Å². The number of carboxylic acids is 1. The fourth-order valence-corrected chi connectivity index (χ4v) is 4.04. The van der Waals surface area contributed by atoms with Crippen LogP contribution in [0.3, 0.4) is 0 Å². The topological polar surface area (TPSA) is 59.0 Å². The fraction of sp³-hybridized carbons (Fsp3) is 0.435. The molecule has 2 aromatic rings. The quantitative estimate of drug-likeness (QED) is 0.680. The Balaban J connectivity index is 1.36. The summed E-state index contributed by atoms with van der Waals surface area (Å²) in [6, 6.07) is 14.1. The Bertz CT molecular complexity index is 850. The van der Waals surface area contributed by atoms with Crippen LogP contribution in [0.25, 0.3) is 0 Å². The minimum absolute atomic E-state index is 0.0448. The Morgan fingerprint density at radius 2 is 2.00 bits per heavy atom. The molecule has 29 heavy (non-hydrogen) atoms. The highest BCUT2D eigenvalue weighted by Crippen LogP contribution is 2.43. The van der Waals surface area contributed by atoms with Crippen LogP contribution in [0.4, 0.5) is 0 Å². The summed E-state index contributed by atoms with van der Waals surface area (Å²) in [7, 11) is 0. The lowest BCUT2D eigenvalue weighted by molar-refractivity contribution is -0.137. The van der Waals surface area contributed by atoms with Gasteiger partial charge in [-0.3, -0.25) is 9.69 Å². The third-order valence-corrected chi connectivity index (χ3v) is 5.95. The molecule has 2 fully saturated rings. The summed E-state index contributed by atoms with van der Waals surface area (Å²) in [6.07, 6.45) is 2.57. The number of halogens is 1. The summed E-state index contributed by atoms with van der Waals surface area (Å²) in [5, 5.41) is 9.65. The fourth-order valence-electron chi connectivity index (χ4n) is 3.80. The first-order valence-corrected chi connectivity index (χ1v) is 10.5. The number of rotatable bonds is 8. The van der Waals surface area contributed by atoms with Gasteiger partial charge in [-0.15, -0.1) is 0 Å². The second kappa shape index (κ2) is 9.16. The molecule has 0 bridgehead atoms. The van der Waals surface area contributed by atoms with Crippen LogP contribution in [0.1, 0.15) is 48.0 Å². The van der Waals surface area contributed by atoms with E-state index < -0.39 is 5.97 Å². The van der Waals surface area contributed by atoms with Gasteiger partial charge in [0.05, 0.1) is 19.1 Å². The van der Waals surface area contributed by atoms with Crippen molar-refractivity contribution in [3.63, 3.8) is 0 Å². The largest absolute Gasteiger partial charge is 0.489 e. The van der Waals surface area contributed by atoms with Crippen LogP contribution in [-0.2, 0) is 16.1 Å². The molecule has 0 aromatic heterocycles. The van der Waals surface area contributed by atoms with Gasteiger partial charge in [-0.25, -0.2) is 0 Å². The third kappa shape index (κ3) is 5.30. The molecular formula is C23H26ClNO4. The van der Waals surface area contributed by atoms with Crippen molar-refractivity contribution in [1.82, 2.24) is 4.90 Å². The molecule has 1 saturated carbocycles. The Hall–Kier alpha value is -2.08. The zero-order chi connectivity index (χ0) is 20.2.